The Morgan fingerprint density at radius 2 is 2.00 bits per heavy atom. The van der Waals surface area contributed by atoms with E-state index in [4.69, 9.17) is 0 Å². The minimum absolute atomic E-state index is 0.000501. The van der Waals surface area contributed by atoms with Crippen LogP contribution in [0.25, 0.3) is 11.3 Å². The largest absolute Gasteiger partial charge is 0.329 e. The van der Waals surface area contributed by atoms with E-state index in [0.29, 0.717) is 11.3 Å². The molecule has 0 radical (unpaired) electrons. The van der Waals surface area contributed by atoms with Gasteiger partial charge in [-0.3, -0.25) is 19.2 Å². The van der Waals surface area contributed by atoms with Gasteiger partial charge in [0, 0.05) is 30.6 Å². The van der Waals surface area contributed by atoms with E-state index in [1.807, 2.05) is 0 Å². The Labute approximate surface area is 175 Å². The van der Waals surface area contributed by atoms with Crippen LogP contribution in [0.4, 0.5) is 19.3 Å². The molecule has 0 aliphatic carbocycles. The van der Waals surface area contributed by atoms with Gasteiger partial charge in [-0.15, -0.1) is 0 Å². The zero-order chi connectivity index (χ0) is 22.1. The Bertz CT molecular complexity index is 1190. The van der Waals surface area contributed by atoms with Crippen molar-refractivity contribution in [2.45, 2.75) is 6.54 Å². The number of nitrogens with one attached hydrogen (secondary N) is 2. The predicted molar refractivity (Wildman–Crippen MR) is 107 cm³/mol. The first kappa shape index (κ1) is 20.2. The third-order valence-electron chi connectivity index (χ3n) is 4.72. The highest BCUT2D eigenvalue weighted by Gasteiger charge is 2.28. The molecule has 1 fully saturated rings. The molecule has 2 aromatic carbocycles. The lowest BCUT2D eigenvalue weighted by Crippen LogP contribution is -2.30. The van der Waals surface area contributed by atoms with Crippen LogP contribution in [0.3, 0.4) is 0 Å². The number of urea groups is 1. The van der Waals surface area contributed by atoms with Crippen molar-refractivity contribution in [3.63, 3.8) is 0 Å². The molecule has 0 spiro atoms. The average molecular weight is 425 g/mol. The van der Waals surface area contributed by atoms with E-state index in [9.17, 15) is 23.2 Å². The first-order valence-electron chi connectivity index (χ1n) is 9.29. The normalized spacial score (nSPS) is 13.5. The number of anilines is 1. The number of carbonyl (C=O) groups is 3. The fourth-order valence-corrected chi connectivity index (χ4v) is 3.28. The second-order valence-electron chi connectivity index (χ2n) is 6.98. The van der Waals surface area contributed by atoms with E-state index in [0.717, 1.165) is 17.0 Å². The Hall–Kier alpha value is -4.08. The standard InChI is InChI=1S/C21H17F2N5O3/c1-27-11-16(19(26-27)15-6-5-13(22)8-17(15)23)20(30)25-14-4-2-3-12(7-14)10-28-18(29)9-24-21(28)31/h2-8,11H,9-10H2,1H3,(H,24,31)(H,25,30). The first-order valence-corrected chi connectivity index (χ1v) is 9.29. The van der Waals surface area contributed by atoms with Crippen molar-refractivity contribution in [2.24, 2.45) is 7.05 Å². The van der Waals surface area contributed by atoms with Gasteiger partial charge in [-0.05, 0) is 29.8 Å². The number of aromatic nitrogens is 2. The van der Waals surface area contributed by atoms with E-state index < -0.39 is 23.6 Å². The maximum atomic E-state index is 14.2. The van der Waals surface area contributed by atoms with Gasteiger partial charge >= 0.3 is 6.03 Å². The summed E-state index contributed by atoms with van der Waals surface area (Å²) >= 11 is 0. The maximum Gasteiger partial charge on any atom is 0.324 e. The van der Waals surface area contributed by atoms with Crippen molar-refractivity contribution < 1.29 is 23.2 Å². The molecule has 0 atom stereocenters. The number of amides is 4. The fourth-order valence-electron chi connectivity index (χ4n) is 3.28. The van der Waals surface area contributed by atoms with Crippen LogP contribution in [0.2, 0.25) is 0 Å². The monoisotopic (exact) mass is 425 g/mol. The quantitative estimate of drug-likeness (QED) is 0.615. The number of imide groups is 1. The van der Waals surface area contributed by atoms with Crippen LogP contribution in [0.15, 0.2) is 48.7 Å². The molecule has 8 nitrogen and oxygen atoms in total. The molecule has 4 amide bonds. The highest BCUT2D eigenvalue weighted by Crippen LogP contribution is 2.26. The molecule has 0 unspecified atom stereocenters. The van der Waals surface area contributed by atoms with Crippen molar-refractivity contribution in [2.75, 3.05) is 11.9 Å². The molecular formula is C21H17F2N5O3. The fraction of sp³-hybridized carbons (Fsp3) is 0.143. The van der Waals surface area contributed by atoms with Crippen LogP contribution in [0.1, 0.15) is 15.9 Å². The molecule has 1 saturated heterocycles. The zero-order valence-electron chi connectivity index (χ0n) is 16.4. The summed E-state index contributed by atoms with van der Waals surface area (Å²) in [7, 11) is 1.58. The summed E-state index contributed by atoms with van der Waals surface area (Å²) in [5.74, 6) is -2.44. The molecule has 3 aromatic rings. The summed E-state index contributed by atoms with van der Waals surface area (Å²) in [5, 5.41) is 9.29. The number of nitrogens with zero attached hydrogens (tertiary/aromatic N) is 3. The topological polar surface area (TPSA) is 96.3 Å². The predicted octanol–water partition coefficient (Wildman–Crippen LogP) is 2.67. The summed E-state index contributed by atoms with van der Waals surface area (Å²) < 4.78 is 28.9. The molecule has 2 N–H and O–H groups in total. The lowest BCUT2D eigenvalue weighted by molar-refractivity contribution is -0.125. The molecule has 0 saturated carbocycles. The highest BCUT2D eigenvalue weighted by molar-refractivity contribution is 6.08. The van der Waals surface area contributed by atoms with Gasteiger partial charge in [0.05, 0.1) is 18.7 Å². The summed E-state index contributed by atoms with van der Waals surface area (Å²) in [6.07, 6.45) is 1.44. The van der Waals surface area contributed by atoms with E-state index in [1.54, 1.807) is 31.3 Å². The SMILES string of the molecule is Cn1cc(C(=O)Nc2cccc(CN3C(=O)CNC3=O)c2)c(-c2ccc(F)cc2F)n1. The molecule has 1 aromatic heterocycles. The van der Waals surface area contributed by atoms with Crippen LogP contribution < -0.4 is 10.6 Å². The Morgan fingerprint density at radius 3 is 2.71 bits per heavy atom. The van der Waals surface area contributed by atoms with Crippen molar-refractivity contribution >= 4 is 23.5 Å². The van der Waals surface area contributed by atoms with Crippen LogP contribution in [-0.4, -0.2) is 39.1 Å². The van der Waals surface area contributed by atoms with Gasteiger partial charge in [0.2, 0.25) is 5.91 Å². The van der Waals surface area contributed by atoms with Gasteiger partial charge < -0.3 is 10.6 Å². The smallest absolute Gasteiger partial charge is 0.324 e. The number of carbonyl (C=O) groups excluding carboxylic acids is 3. The second-order valence-corrected chi connectivity index (χ2v) is 6.98. The number of benzene rings is 2. The lowest BCUT2D eigenvalue weighted by atomic mass is 10.1. The maximum absolute atomic E-state index is 14.2. The Kier molecular flexibility index (Phi) is 5.20. The average Bonchev–Trinajstić information content (AvgIpc) is 3.25. The molecule has 1 aliphatic heterocycles. The second kappa shape index (κ2) is 7.98. The number of hydrogen-bond acceptors (Lipinski definition) is 4. The molecule has 1 aliphatic rings. The number of aryl methyl sites for hydroxylation is 1. The highest BCUT2D eigenvalue weighted by atomic mass is 19.1. The molecule has 31 heavy (non-hydrogen) atoms. The van der Waals surface area contributed by atoms with Gasteiger partial charge in [0.15, 0.2) is 0 Å². The third kappa shape index (κ3) is 4.13. The van der Waals surface area contributed by atoms with Crippen molar-refractivity contribution in [1.82, 2.24) is 20.0 Å². The van der Waals surface area contributed by atoms with Crippen LogP contribution in [-0.2, 0) is 18.4 Å². The van der Waals surface area contributed by atoms with E-state index >= 15 is 0 Å². The number of hydrogen-bond donors (Lipinski definition) is 2. The van der Waals surface area contributed by atoms with E-state index in [1.165, 1.54) is 16.9 Å². The Balaban J connectivity index is 1.57. The number of halogens is 2. The summed E-state index contributed by atoms with van der Waals surface area (Å²) in [4.78, 5) is 37.4. The number of rotatable bonds is 5. The van der Waals surface area contributed by atoms with Crippen LogP contribution in [0.5, 0.6) is 0 Å². The Morgan fingerprint density at radius 1 is 1.19 bits per heavy atom. The zero-order valence-corrected chi connectivity index (χ0v) is 16.4. The van der Waals surface area contributed by atoms with Crippen molar-refractivity contribution in [1.29, 1.82) is 0 Å². The minimum atomic E-state index is -0.830. The van der Waals surface area contributed by atoms with Gasteiger partial charge in [-0.25, -0.2) is 13.6 Å². The molecule has 0 bridgehead atoms. The molecule has 2 heterocycles. The van der Waals surface area contributed by atoms with Gasteiger partial charge in [0.25, 0.3) is 5.91 Å². The summed E-state index contributed by atoms with van der Waals surface area (Å²) in [5.41, 5.74) is 1.24. The van der Waals surface area contributed by atoms with Crippen molar-refractivity contribution in [3.8, 4) is 11.3 Å². The van der Waals surface area contributed by atoms with Gasteiger partial charge in [-0.1, -0.05) is 12.1 Å². The van der Waals surface area contributed by atoms with Gasteiger partial charge in [-0.2, -0.15) is 5.10 Å². The summed E-state index contributed by atoms with van der Waals surface area (Å²) in [6.45, 7) is 0.0201. The molecule has 158 valence electrons. The van der Waals surface area contributed by atoms with Crippen molar-refractivity contribution in [3.05, 3.63) is 71.4 Å². The lowest BCUT2D eigenvalue weighted by Gasteiger charge is -2.13. The first-order chi connectivity index (χ1) is 14.8. The molecular weight excluding hydrogens is 408 g/mol. The van der Waals surface area contributed by atoms with Crippen LogP contribution >= 0.6 is 0 Å². The van der Waals surface area contributed by atoms with Crippen LogP contribution in [0, 0.1) is 11.6 Å². The molecule has 10 heteroatoms. The van der Waals surface area contributed by atoms with E-state index in [-0.39, 0.29) is 35.8 Å². The van der Waals surface area contributed by atoms with E-state index in [2.05, 4.69) is 15.7 Å². The molecule has 4 rings (SSSR count). The third-order valence-corrected chi connectivity index (χ3v) is 4.72. The minimum Gasteiger partial charge on any atom is -0.329 e. The van der Waals surface area contributed by atoms with Gasteiger partial charge in [0.1, 0.15) is 17.3 Å². The summed E-state index contributed by atoms with van der Waals surface area (Å²) in [6, 6.07) is 9.24.